The van der Waals surface area contributed by atoms with Crippen LogP contribution in [0.5, 0.6) is 0 Å². The second kappa shape index (κ2) is 6.61. The summed E-state index contributed by atoms with van der Waals surface area (Å²) in [7, 11) is -3.65. The summed E-state index contributed by atoms with van der Waals surface area (Å²) in [6, 6.07) is 9.19. The number of rotatable bonds is 6. The minimum absolute atomic E-state index is 0.215. The Balaban J connectivity index is 2.96. The lowest BCUT2D eigenvalue weighted by atomic mass is 10.1. The van der Waals surface area contributed by atoms with E-state index in [4.69, 9.17) is 10.9 Å². The molecule has 1 N–H and O–H groups in total. The van der Waals surface area contributed by atoms with Gasteiger partial charge in [0.05, 0.1) is 12.3 Å². The fourth-order valence-electron chi connectivity index (χ4n) is 1.69. The first-order chi connectivity index (χ1) is 8.11. The van der Waals surface area contributed by atoms with Crippen molar-refractivity contribution >= 4 is 7.60 Å². The van der Waals surface area contributed by atoms with Gasteiger partial charge >= 0.3 is 7.60 Å². The summed E-state index contributed by atoms with van der Waals surface area (Å²) in [5, 5.41) is 0. The lowest BCUT2D eigenvalue weighted by Crippen LogP contribution is -2.03. The van der Waals surface area contributed by atoms with Gasteiger partial charge in [0.25, 0.3) is 0 Å². The van der Waals surface area contributed by atoms with Gasteiger partial charge in [-0.15, -0.1) is 12.3 Å². The molecule has 0 fully saturated rings. The molecule has 2 atom stereocenters. The number of hydrogen-bond donors (Lipinski definition) is 1. The van der Waals surface area contributed by atoms with Crippen molar-refractivity contribution in [1.82, 2.24) is 0 Å². The Morgan fingerprint density at radius 1 is 1.47 bits per heavy atom. The molecule has 1 aromatic carbocycles. The van der Waals surface area contributed by atoms with Crippen LogP contribution in [0.15, 0.2) is 30.3 Å². The van der Waals surface area contributed by atoms with E-state index < -0.39 is 13.3 Å². The van der Waals surface area contributed by atoms with Crippen molar-refractivity contribution in [2.45, 2.75) is 25.4 Å². The fraction of sp³-hybridized carbons (Fsp3) is 0.385. The summed E-state index contributed by atoms with van der Waals surface area (Å²) < 4.78 is 17.1. The molecule has 3 nitrogen and oxygen atoms in total. The van der Waals surface area contributed by atoms with E-state index in [9.17, 15) is 9.46 Å². The highest BCUT2D eigenvalue weighted by atomic mass is 31.2. The maximum absolute atomic E-state index is 12.1. The quantitative estimate of drug-likeness (QED) is 0.623. The Hall–Kier alpha value is -1.07. The molecule has 0 aromatic heterocycles. The van der Waals surface area contributed by atoms with Crippen LogP contribution in [0, 0.1) is 12.3 Å². The lowest BCUT2D eigenvalue weighted by Gasteiger charge is -2.21. The molecule has 1 rings (SSSR count). The topological polar surface area (TPSA) is 46.5 Å². The van der Waals surface area contributed by atoms with Gasteiger partial charge in [0.15, 0.2) is 0 Å². The van der Waals surface area contributed by atoms with Gasteiger partial charge in [-0.25, -0.2) is 0 Å². The van der Waals surface area contributed by atoms with Gasteiger partial charge in [-0.1, -0.05) is 30.3 Å². The van der Waals surface area contributed by atoms with E-state index in [1.165, 1.54) is 0 Å². The molecule has 17 heavy (non-hydrogen) atoms. The summed E-state index contributed by atoms with van der Waals surface area (Å²) in [5.74, 6) is 2.49. The Bertz CT molecular complexity index is 422. The van der Waals surface area contributed by atoms with Crippen molar-refractivity contribution in [3.05, 3.63) is 35.9 Å². The van der Waals surface area contributed by atoms with Crippen LogP contribution >= 0.6 is 7.60 Å². The molecule has 4 heteroatoms. The molecule has 0 bridgehead atoms. The normalized spacial score (nSPS) is 15.8. The van der Waals surface area contributed by atoms with Crippen molar-refractivity contribution < 1.29 is 14.0 Å². The maximum atomic E-state index is 12.1. The predicted octanol–water partition coefficient (Wildman–Crippen LogP) is 3.36. The molecular formula is C13H17O3P. The zero-order chi connectivity index (χ0) is 12.7. The molecule has 0 radical (unpaired) electrons. The zero-order valence-corrected chi connectivity index (χ0v) is 10.8. The number of terminal acetylenes is 1. The Labute approximate surface area is 102 Å². The molecule has 0 aliphatic heterocycles. The standard InChI is InChI=1S/C13H17O3P/c1-3-5-11-13(17(14,15)16-4-2)12-9-7-6-8-10-12/h1,6-10,13H,4-5,11H2,2H3,(H,14,15). The van der Waals surface area contributed by atoms with Crippen molar-refractivity contribution in [2.75, 3.05) is 6.61 Å². The highest BCUT2D eigenvalue weighted by Crippen LogP contribution is 2.58. The first-order valence-electron chi connectivity index (χ1n) is 5.57. The van der Waals surface area contributed by atoms with Crippen LogP contribution in [0.3, 0.4) is 0 Å². The first-order valence-corrected chi connectivity index (χ1v) is 7.22. The van der Waals surface area contributed by atoms with Crippen molar-refractivity contribution in [1.29, 1.82) is 0 Å². The second-order valence-electron chi connectivity index (χ2n) is 3.65. The Morgan fingerprint density at radius 3 is 2.65 bits per heavy atom. The minimum atomic E-state index is -3.65. The monoisotopic (exact) mass is 252 g/mol. The molecule has 92 valence electrons. The highest BCUT2D eigenvalue weighted by Gasteiger charge is 2.32. The molecule has 0 spiro atoms. The van der Waals surface area contributed by atoms with E-state index >= 15 is 0 Å². The molecule has 0 saturated heterocycles. The number of hydrogen-bond acceptors (Lipinski definition) is 2. The van der Waals surface area contributed by atoms with Gasteiger partial charge in [0.2, 0.25) is 0 Å². The second-order valence-corrected chi connectivity index (χ2v) is 5.66. The third-order valence-corrected chi connectivity index (χ3v) is 4.43. The summed E-state index contributed by atoms with van der Waals surface area (Å²) in [6.45, 7) is 1.92. The van der Waals surface area contributed by atoms with Gasteiger partial charge in [-0.2, -0.15) is 0 Å². The lowest BCUT2D eigenvalue weighted by molar-refractivity contribution is 0.263. The van der Waals surface area contributed by atoms with Gasteiger partial charge in [0.1, 0.15) is 0 Å². The third kappa shape index (κ3) is 4.02. The van der Waals surface area contributed by atoms with Crippen LogP contribution in [0.4, 0.5) is 0 Å². The van der Waals surface area contributed by atoms with Crippen LogP contribution in [-0.4, -0.2) is 11.5 Å². The van der Waals surface area contributed by atoms with Crippen LogP contribution in [0.25, 0.3) is 0 Å². The van der Waals surface area contributed by atoms with E-state index in [-0.39, 0.29) is 6.61 Å². The SMILES string of the molecule is C#CCCC(c1ccccc1)P(=O)(O)OCC. The third-order valence-electron chi connectivity index (χ3n) is 2.45. The number of benzene rings is 1. The summed E-state index contributed by atoms with van der Waals surface area (Å²) in [5.41, 5.74) is 0.252. The van der Waals surface area contributed by atoms with Gasteiger partial charge in [-0.05, 0) is 18.9 Å². The predicted molar refractivity (Wildman–Crippen MR) is 68.7 cm³/mol. The van der Waals surface area contributed by atoms with Gasteiger partial charge < -0.3 is 9.42 Å². The zero-order valence-electron chi connectivity index (χ0n) is 9.87. The molecule has 0 saturated carbocycles. The minimum Gasteiger partial charge on any atom is -0.324 e. The molecule has 0 heterocycles. The smallest absolute Gasteiger partial charge is 0.324 e. The summed E-state index contributed by atoms with van der Waals surface area (Å²) >= 11 is 0. The van der Waals surface area contributed by atoms with Crippen LogP contribution in [0.1, 0.15) is 31.0 Å². The summed E-state index contributed by atoms with van der Waals surface area (Å²) in [4.78, 5) is 9.92. The highest BCUT2D eigenvalue weighted by molar-refractivity contribution is 7.53. The van der Waals surface area contributed by atoms with Crippen LogP contribution in [0.2, 0.25) is 0 Å². The molecule has 0 aliphatic carbocycles. The Morgan fingerprint density at radius 2 is 2.12 bits per heavy atom. The van der Waals surface area contributed by atoms with Crippen LogP contribution in [-0.2, 0) is 9.09 Å². The molecular weight excluding hydrogens is 235 g/mol. The van der Waals surface area contributed by atoms with Crippen molar-refractivity contribution in [3.63, 3.8) is 0 Å². The largest absolute Gasteiger partial charge is 0.335 e. The van der Waals surface area contributed by atoms with Crippen molar-refractivity contribution in [2.24, 2.45) is 0 Å². The van der Waals surface area contributed by atoms with Crippen molar-refractivity contribution in [3.8, 4) is 12.3 Å². The summed E-state index contributed by atoms with van der Waals surface area (Å²) in [6.07, 6.45) is 6.12. The molecule has 2 unspecified atom stereocenters. The van der Waals surface area contributed by atoms with Crippen LogP contribution < -0.4 is 0 Å². The van der Waals surface area contributed by atoms with Gasteiger partial charge in [0, 0.05) is 6.42 Å². The maximum Gasteiger partial charge on any atom is 0.335 e. The average molecular weight is 252 g/mol. The van der Waals surface area contributed by atoms with E-state index in [1.54, 1.807) is 6.92 Å². The van der Waals surface area contributed by atoms with E-state index in [0.717, 1.165) is 5.56 Å². The van der Waals surface area contributed by atoms with E-state index in [2.05, 4.69) is 5.92 Å². The van der Waals surface area contributed by atoms with Gasteiger partial charge in [-0.3, -0.25) is 4.57 Å². The first kappa shape index (κ1) is 14.0. The average Bonchev–Trinajstić information content (AvgIpc) is 2.30. The molecule has 1 aromatic rings. The van der Waals surface area contributed by atoms with E-state index in [0.29, 0.717) is 12.8 Å². The van der Waals surface area contributed by atoms with E-state index in [1.807, 2.05) is 30.3 Å². The fourth-order valence-corrected chi connectivity index (χ4v) is 3.24. The molecule has 0 aliphatic rings. The molecule has 0 amide bonds. The Kier molecular flexibility index (Phi) is 5.44.